The summed E-state index contributed by atoms with van der Waals surface area (Å²) in [6.07, 6.45) is -3.48. The predicted molar refractivity (Wildman–Crippen MR) is 74.0 cm³/mol. The van der Waals surface area contributed by atoms with E-state index >= 15 is 0 Å². The van der Waals surface area contributed by atoms with Crippen molar-refractivity contribution >= 4 is 27.5 Å². The van der Waals surface area contributed by atoms with Crippen molar-refractivity contribution in [2.75, 3.05) is 19.4 Å². The van der Waals surface area contributed by atoms with Crippen molar-refractivity contribution in [1.82, 2.24) is 14.7 Å². The van der Waals surface area contributed by atoms with Crippen LogP contribution in [0.4, 0.5) is 18.9 Å². The molecule has 0 saturated carbocycles. The summed E-state index contributed by atoms with van der Waals surface area (Å²) in [5.74, 6) is -0.249. The van der Waals surface area contributed by atoms with Gasteiger partial charge in [-0.1, -0.05) is 0 Å². The van der Waals surface area contributed by atoms with Crippen molar-refractivity contribution in [3.63, 3.8) is 0 Å². The Morgan fingerprint density at radius 2 is 2.10 bits per heavy atom. The van der Waals surface area contributed by atoms with E-state index in [0.29, 0.717) is 4.68 Å². The summed E-state index contributed by atoms with van der Waals surface area (Å²) >= 11 is 2.93. The Kier molecular flexibility index (Phi) is 5.37. The summed E-state index contributed by atoms with van der Waals surface area (Å²) in [5.41, 5.74) is -0.775. The minimum Gasteiger partial charge on any atom is -0.372 e. The number of nitrogens with one attached hydrogen (secondary N) is 1. The fourth-order valence-electron chi connectivity index (χ4n) is 1.53. The van der Waals surface area contributed by atoms with Crippen molar-refractivity contribution in [3.05, 3.63) is 21.0 Å². The van der Waals surface area contributed by atoms with Crippen molar-refractivity contribution in [2.24, 2.45) is 0 Å². The van der Waals surface area contributed by atoms with Gasteiger partial charge in [-0.15, -0.1) is 0 Å². The summed E-state index contributed by atoms with van der Waals surface area (Å²) in [4.78, 5) is 24.8. The fraction of sp³-hybridized carbons (Fsp3) is 0.545. The van der Waals surface area contributed by atoms with Gasteiger partial charge in [0.25, 0.3) is 5.56 Å². The molecule has 0 saturated heterocycles. The van der Waals surface area contributed by atoms with Crippen molar-refractivity contribution < 1.29 is 18.0 Å². The van der Waals surface area contributed by atoms with Crippen LogP contribution in [-0.2, 0) is 11.3 Å². The maximum absolute atomic E-state index is 12.3. The molecule has 118 valence electrons. The van der Waals surface area contributed by atoms with Crippen LogP contribution in [0, 0.1) is 0 Å². The Morgan fingerprint density at radius 1 is 1.52 bits per heavy atom. The van der Waals surface area contributed by atoms with E-state index in [4.69, 9.17) is 0 Å². The first-order valence-electron chi connectivity index (χ1n) is 5.83. The predicted octanol–water partition coefficient (Wildman–Crippen LogP) is 1.46. The monoisotopic (exact) mass is 370 g/mol. The molecule has 10 heteroatoms. The molecule has 1 aromatic rings. The third-order valence-electron chi connectivity index (χ3n) is 2.50. The van der Waals surface area contributed by atoms with Gasteiger partial charge in [0, 0.05) is 14.1 Å². The molecule has 1 unspecified atom stereocenters. The van der Waals surface area contributed by atoms with Crippen LogP contribution in [0.5, 0.6) is 0 Å². The summed E-state index contributed by atoms with van der Waals surface area (Å²) in [6.45, 7) is 0.0902. The molecule has 0 aliphatic carbocycles. The summed E-state index contributed by atoms with van der Waals surface area (Å²) in [5, 5.41) is 6.18. The smallest absolute Gasteiger partial charge is 0.372 e. The average molecular weight is 371 g/mol. The molecule has 0 aromatic carbocycles. The summed E-state index contributed by atoms with van der Waals surface area (Å²) in [7, 11) is 3.13. The maximum atomic E-state index is 12.3. The number of anilines is 1. The summed E-state index contributed by atoms with van der Waals surface area (Å²) in [6, 6.07) is -0.657. The summed E-state index contributed by atoms with van der Waals surface area (Å²) < 4.78 is 37.0. The van der Waals surface area contributed by atoms with Crippen LogP contribution in [0.1, 0.15) is 6.92 Å². The number of amides is 1. The van der Waals surface area contributed by atoms with Gasteiger partial charge in [0.05, 0.1) is 11.9 Å². The van der Waals surface area contributed by atoms with E-state index in [1.54, 1.807) is 21.0 Å². The van der Waals surface area contributed by atoms with Crippen molar-refractivity contribution in [2.45, 2.75) is 25.7 Å². The van der Waals surface area contributed by atoms with E-state index in [9.17, 15) is 22.8 Å². The second-order valence-electron chi connectivity index (χ2n) is 4.55. The highest BCUT2D eigenvalue weighted by molar-refractivity contribution is 9.10. The Bertz CT molecular complexity index is 586. The molecule has 6 nitrogen and oxygen atoms in total. The largest absolute Gasteiger partial charge is 0.408 e. The van der Waals surface area contributed by atoms with Gasteiger partial charge in [-0.3, -0.25) is 9.59 Å². The highest BCUT2D eigenvalue weighted by Gasteiger charge is 2.30. The van der Waals surface area contributed by atoms with E-state index in [-0.39, 0.29) is 16.1 Å². The maximum Gasteiger partial charge on any atom is 0.408 e. The van der Waals surface area contributed by atoms with Crippen LogP contribution in [0.15, 0.2) is 15.5 Å². The number of aromatic nitrogens is 2. The second-order valence-corrected chi connectivity index (χ2v) is 5.34. The lowest BCUT2D eigenvalue weighted by Gasteiger charge is -2.19. The van der Waals surface area contributed by atoms with Crippen molar-refractivity contribution in [1.29, 1.82) is 0 Å². The number of carbonyl (C=O) groups excluding carboxylic acids is 1. The van der Waals surface area contributed by atoms with Gasteiger partial charge in [0.1, 0.15) is 17.1 Å². The van der Waals surface area contributed by atoms with E-state index in [2.05, 4.69) is 26.3 Å². The molecule has 21 heavy (non-hydrogen) atoms. The topological polar surface area (TPSA) is 67.2 Å². The van der Waals surface area contributed by atoms with Crippen LogP contribution in [0.3, 0.4) is 0 Å². The molecule has 0 fully saturated rings. The van der Waals surface area contributed by atoms with Gasteiger partial charge in [-0.05, 0) is 22.9 Å². The Labute approximate surface area is 127 Å². The third-order valence-corrected chi connectivity index (χ3v) is 3.26. The Hall–Kier alpha value is -1.58. The highest BCUT2D eigenvalue weighted by atomic mass is 79.9. The van der Waals surface area contributed by atoms with Gasteiger partial charge in [0.2, 0.25) is 5.91 Å². The SMILES string of the molecule is CC(Nc1cnn(CC(F)(F)F)c(=O)c1Br)C(=O)N(C)C. The number of carbonyl (C=O) groups is 1. The Balaban J connectivity index is 3.00. The van der Waals surface area contributed by atoms with Crippen LogP contribution >= 0.6 is 15.9 Å². The van der Waals surface area contributed by atoms with E-state index in [0.717, 1.165) is 6.20 Å². The molecule has 0 spiro atoms. The minimum atomic E-state index is -4.54. The van der Waals surface area contributed by atoms with Gasteiger partial charge in [0.15, 0.2) is 0 Å². The van der Waals surface area contributed by atoms with Crippen LogP contribution < -0.4 is 10.9 Å². The molecule has 0 aliphatic rings. The van der Waals surface area contributed by atoms with Crippen LogP contribution in [0.2, 0.25) is 0 Å². The molecule has 1 heterocycles. The normalized spacial score (nSPS) is 12.9. The number of hydrogen-bond acceptors (Lipinski definition) is 4. The first kappa shape index (κ1) is 17.5. The van der Waals surface area contributed by atoms with Crippen LogP contribution in [-0.4, -0.2) is 46.9 Å². The average Bonchev–Trinajstić information content (AvgIpc) is 2.35. The van der Waals surface area contributed by atoms with E-state index < -0.39 is 24.3 Å². The molecule has 1 amide bonds. The Morgan fingerprint density at radius 3 is 2.57 bits per heavy atom. The minimum absolute atomic E-state index is 0.111. The van der Waals surface area contributed by atoms with Gasteiger partial charge >= 0.3 is 6.18 Å². The lowest BCUT2D eigenvalue weighted by molar-refractivity contribution is -0.143. The molecule has 0 bridgehead atoms. The standard InChI is InChI=1S/C11H14BrF3N4O2/c1-6(9(20)18(2)3)17-7-4-16-19(5-11(13,14)15)10(21)8(7)12/h4,6,17H,5H2,1-3H3. The quantitative estimate of drug-likeness (QED) is 0.871. The van der Waals surface area contributed by atoms with Crippen molar-refractivity contribution in [3.8, 4) is 0 Å². The molecule has 1 rings (SSSR count). The first-order chi connectivity index (χ1) is 9.53. The number of hydrogen-bond donors (Lipinski definition) is 1. The zero-order valence-corrected chi connectivity index (χ0v) is 13.1. The lowest BCUT2D eigenvalue weighted by Crippen LogP contribution is -2.37. The molecular weight excluding hydrogens is 357 g/mol. The van der Waals surface area contributed by atoms with Gasteiger partial charge in [-0.2, -0.15) is 18.3 Å². The molecule has 0 aliphatic heterocycles. The zero-order valence-electron chi connectivity index (χ0n) is 11.5. The van der Waals surface area contributed by atoms with E-state index in [1.165, 1.54) is 4.90 Å². The molecule has 1 atom stereocenters. The third kappa shape index (κ3) is 4.73. The zero-order chi connectivity index (χ0) is 16.4. The highest BCUT2D eigenvalue weighted by Crippen LogP contribution is 2.20. The number of halogens is 4. The molecule has 1 aromatic heterocycles. The lowest BCUT2D eigenvalue weighted by atomic mass is 10.3. The van der Waals surface area contributed by atoms with E-state index in [1.807, 2.05) is 0 Å². The number of likely N-dealkylation sites (N-methyl/N-ethyl adjacent to an activating group) is 1. The molecular formula is C11H14BrF3N4O2. The first-order valence-corrected chi connectivity index (χ1v) is 6.62. The molecule has 0 radical (unpaired) electrons. The van der Waals surface area contributed by atoms with Crippen LogP contribution in [0.25, 0.3) is 0 Å². The number of rotatable bonds is 4. The number of nitrogens with zero attached hydrogens (tertiary/aromatic N) is 3. The van der Waals surface area contributed by atoms with Gasteiger partial charge in [-0.25, -0.2) is 4.68 Å². The molecule has 1 N–H and O–H groups in total. The second kappa shape index (κ2) is 6.46. The fourth-order valence-corrected chi connectivity index (χ4v) is 1.95. The van der Waals surface area contributed by atoms with Gasteiger partial charge < -0.3 is 10.2 Å². The number of alkyl halides is 3.